The fourth-order valence-corrected chi connectivity index (χ4v) is 3.97. The number of benzene rings is 1. The number of unbranched alkanes of at least 4 members (excludes halogenated alkanes) is 1. The van der Waals surface area contributed by atoms with Crippen molar-refractivity contribution < 1.29 is 14.4 Å². The van der Waals surface area contributed by atoms with Gasteiger partial charge in [0.2, 0.25) is 5.91 Å². The number of nitrogens with one attached hydrogen (secondary N) is 2. The average molecular weight is 371 g/mol. The zero-order valence-corrected chi connectivity index (χ0v) is 16.1. The van der Waals surface area contributed by atoms with Crippen molar-refractivity contribution in [2.45, 2.75) is 70.3 Å². The van der Waals surface area contributed by atoms with E-state index >= 15 is 0 Å². The first-order valence-electron chi connectivity index (χ1n) is 10.1. The molecule has 0 aromatic heterocycles. The minimum Gasteiger partial charge on any atom is -0.325 e. The lowest BCUT2D eigenvalue weighted by Crippen LogP contribution is -2.47. The number of rotatable bonds is 6. The maximum Gasteiger partial charge on any atom is 0.325 e. The molecular formula is C21H29N3O3. The van der Waals surface area contributed by atoms with Crippen LogP contribution < -0.4 is 10.6 Å². The molecule has 146 valence electrons. The van der Waals surface area contributed by atoms with Crippen LogP contribution in [0, 0.1) is 0 Å². The molecule has 2 aliphatic rings. The molecule has 6 nitrogen and oxygen atoms in total. The molecular weight excluding hydrogens is 342 g/mol. The van der Waals surface area contributed by atoms with Gasteiger partial charge in [-0.15, -0.1) is 0 Å². The molecule has 3 rings (SSSR count). The van der Waals surface area contributed by atoms with Gasteiger partial charge in [0.25, 0.3) is 5.91 Å². The number of hydrogen-bond donors (Lipinski definition) is 2. The predicted octanol–water partition coefficient (Wildman–Crippen LogP) is 3.61. The zero-order chi connectivity index (χ0) is 19.3. The largest absolute Gasteiger partial charge is 0.325 e. The Morgan fingerprint density at radius 3 is 2.41 bits per heavy atom. The van der Waals surface area contributed by atoms with Crippen molar-refractivity contribution in [1.82, 2.24) is 10.2 Å². The number of hydrogen-bond acceptors (Lipinski definition) is 3. The van der Waals surface area contributed by atoms with Crippen LogP contribution in [0.1, 0.15) is 63.9 Å². The summed E-state index contributed by atoms with van der Waals surface area (Å²) in [6.45, 7) is 1.91. The van der Waals surface area contributed by atoms with Crippen molar-refractivity contribution in [3.8, 4) is 0 Å². The van der Waals surface area contributed by atoms with Gasteiger partial charge in [0.15, 0.2) is 0 Å². The van der Waals surface area contributed by atoms with Gasteiger partial charge < -0.3 is 10.6 Å². The molecule has 0 unspecified atom stereocenters. The maximum atomic E-state index is 12.8. The Balaban J connectivity index is 1.58. The first-order valence-corrected chi connectivity index (χ1v) is 10.1. The van der Waals surface area contributed by atoms with Crippen LogP contribution >= 0.6 is 0 Å². The summed E-state index contributed by atoms with van der Waals surface area (Å²) >= 11 is 0. The fraction of sp³-hybridized carbons (Fsp3) is 0.571. The van der Waals surface area contributed by atoms with Crippen LogP contribution in [0.2, 0.25) is 0 Å². The Hall–Kier alpha value is -2.37. The molecule has 0 radical (unpaired) electrons. The topological polar surface area (TPSA) is 78.5 Å². The second-order valence-corrected chi connectivity index (χ2v) is 7.67. The Morgan fingerprint density at radius 1 is 1.11 bits per heavy atom. The van der Waals surface area contributed by atoms with Gasteiger partial charge >= 0.3 is 6.03 Å². The molecule has 1 saturated heterocycles. The van der Waals surface area contributed by atoms with Crippen LogP contribution in [-0.4, -0.2) is 34.8 Å². The molecule has 2 fully saturated rings. The third-order valence-electron chi connectivity index (χ3n) is 5.56. The number of amides is 4. The number of carbonyl (C=O) groups is 3. The number of urea groups is 1. The van der Waals surface area contributed by atoms with E-state index in [4.69, 9.17) is 0 Å². The van der Waals surface area contributed by atoms with E-state index in [1.165, 1.54) is 5.56 Å². The van der Waals surface area contributed by atoms with Crippen LogP contribution in [0.15, 0.2) is 24.3 Å². The quantitative estimate of drug-likeness (QED) is 0.750. The van der Waals surface area contributed by atoms with Gasteiger partial charge in [0, 0.05) is 5.69 Å². The Bertz CT molecular complexity index is 691. The lowest BCUT2D eigenvalue weighted by molar-refractivity contribution is -0.134. The first kappa shape index (κ1) is 19.4. The molecule has 1 saturated carbocycles. The van der Waals surface area contributed by atoms with Gasteiger partial charge in [-0.1, -0.05) is 51.2 Å². The van der Waals surface area contributed by atoms with Crippen LogP contribution in [-0.2, 0) is 16.0 Å². The molecule has 6 heteroatoms. The highest BCUT2D eigenvalue weighted by Crippen LogP contribution is 2.32. The minimum absolute atomic E-state index is 0.246. The van der Waals surface area contributed by atoms with Crippen molar-refractivity contribution in [3.05, 3.63) is 29.8 Å². The standard InChI is InChI=1S/C21H29N3O3/c1-2-3-8-16-9-11-17(12-10-16)22-18(25)15-24-19(26)21(23-20(24)27)13-6-4-5-7-14-21/h9-12H,2-8,13-15H2,1H3,(H,22,25)(H,23,27). The van der Waals surface area contributed by atoms with E-state index in [0.29, 0.717) is 18.5 Å². The van der Waals surface area contributed by atoms with E-state index in [1.807, 2.05) is 24.3 Å². The Labute approximate surface area is 160 Å². The maximum absolute atomic E-state index is 12.8. The van der Waals surface area contributed by atoms with Crippen LogP contribution in [0.25, 0.3) is 0 Å². The van der Waals surface area contributed by atoms with Crippen molar-refractivity contribution in [2.24, 2.45) is 0 Å². The molecule has 1 aromatic rings. The van der Waals surface area contributed by atoms with Crippen molar-refractivity contribution in [3.63, 3.8) is 0 Å². The number of anilines is 1. The Kier molecular flexibility index (Phi) is 6.14. The molecule has 2 N–H and O–H groups in total. The van der Waals surface area contributed by atoms with Gasteiger partial charge in [0.1, 0.15) is 12.1 Å². The lowest BCUT2D eigenvalue weighted by atomic mass is 9.90. The number of imide groups is 1. The molecule has 1 heterocycles. The van der Waals surface area contributed by atoms with Gasteiger partial charge in [-0.25, -0.2) is 4.79 Å². The lowest BCUT2D eigenvalue weighted by Gasteiger charge is -2.24. The number of carbonyl (C=O) groups excluding carboxylic acids is 3. The van der Waals surface area contributed by atoms with E-state index in [1.54, 1.807) is 0 Å². The first-order chi connectivity index (χ1) is 13.0. The van der Waals surface area contributed by atoms with Gasteiger partial charge in [0.05, 0.1) is 0 Å². The summed E-state index contributed by atoms with van der Waals surface area (Å²) in [6.07, 6.45) is 8.65. The highest BCUT2D eigenvalue weighted by molar-refractivity contribution is 6.10. The van der Waals surface area contributed by atoms with Crippen LogP contribution in [0.4, 0.5) is 10.5 Å². The van der Waals surface area contributed by atoms with Gasteiger partial charge in [-0.3, -0.25) is 14.5 Å². The smallest absolute Gasteiger partial charge is 0.325 e. The summed E-state index contributed by atoms with van der Waals surface area (Å²) in [5.41, 5.74) is 1.12. The summed E-state index contributed by atoms with van der Waals surface area (Å²) < 4.78 is 0. The second-order valence-electron chi connectivity index (χ2n) is 7.67. The monoisotopic (exact) mass is 371 g/mol. The summed E-state index contributed by atoms with van der Waals surface area (Å²) in [4.78, 5) is 38.6. The predicted molar refractivity (Wildman–Crippen MR) is 104 cm³/mol. The molecule has 1 spiro atoms. The van der Waals surface area contributed by atoms with Gasteiger partial charge in [-0.05, 0) is 43.4 Å². The third kappa shape index (κ3) is 4.49. The number of nitrogens with zero attached hydrogens (tertiary/aromatic N) is 1. The van der Waals surface area contributed by atoms with E-state index in [0.717, 1.165) is 49.8 Å². The highest BCUT2D eigenvalue weighted by atomic mass is 16.2. The van der Waals surface area contributed by atoms with Crippen molar-refractivity contribution >= 4 is 23.5 Å². The Morgan fingerprint density at radius 2 is 1.78 bits per heavy atom. The molecule has 1 aromatic carbocycles. The van der Waals surface area contributed by atoms with Crippen molar-refractivity contribution in [2.75, 3.05) is 11.9 Å². The summed E-state index contributed by atoms with van der Waals surface area (Å²) in [7, 11) is 0. The normalized spacial score (nSPS) is 19.1. The molecule has 0 atom stereocenters. The van der Waals surface area contributed by atoms with Crippen LogP contribution in [0.3, 0.4) is 0 Å². The molecule has 1 aliphatic heterocycles. The number of aryl methyl sites for hydroxylation is 1. The SMILES string of the molecule is CCCCc1ccc(NC(=O)CN2C(=O)NC3(CCCCCC3)C2=O)cc1. The fourth-order valence-electron chi connectivity index (χ4n) is 3.97. The van der Waals surface area contributed by atoms with Crippen LogP contribution in [0.5, 0.6) is 0 Å². The third-order valence-corrected chi connectivity index (χ3v) is 5.56. The summed E-state index contributed by atoms with van der Waals surface area (Å²) in [5.74, 6) is -0.607. The molecule has 4 amide bonds. The summed E-state index contributed by atoms with van der Waals surface area (Å²) in [6, 6.07) is 7.27. The van der Waals surface area contributed by atoms with E-state index < -0.39 is 11.6 Å². The molecule has 1 aliphatic carbocycles. The second kappa shape index (κ2) is 8.55. The zero-order valence-electron chi connectivity index (χ0n) is 16.1. The van der Waals surface area contributed by atoms with Crippen molar-refractivity contribution in [1.29, 1.82) is 0 Å². The van der Waals surface area contributed by atoms with Gasteiger partial charge in [-0.2, -0.15) is 0 Å². The summed E-state index contributed by atoms with van der Waals surface area (Å²) in [5, 5.41) is 5.65. The van der Waals surface area contributed by atoms with E-state index in [9.17, 15) is 14.4 Å². The average Bonchev–Trinajstić information content (AvgIpc) is 2.83. The minimum atomic E-state index is -0.797. The molecule has 27 heavy (non-hydrogen) atoms. The van der Waals surface area contributed by atoms with E-state index in [2.05, 4.69) is 17.6 Å². The molecule has 0 bridgehead atoms. The van der Waals surface area contributed by atoms with E-state index in [-0.39, 0.29) is 18.4 Å². The highest BCUT2D eigenvalue weighted by Gasteiger charge is 2.51.